The van der Waals surface area contributed by atoms with Crippen molar-refractivity contribution >= 4 is 0 Å². The number of rotatable bonds is 3. The number of nitrogens with two attached hydrogens (primary N) is 1. The van der Waals surface area contributed by atoms with Crippen LogP contribution >= 0.6 is 0 Å². The van der Waals surface area contributed by atoms with Gasteiger partial charge >= 0.3 is 0 Å². The van der Waals surface area contributed by atoms with Gasteiger partial charge in [0.05, 0.1) is 0 Å². The van der Waals surface area contributed by atoms with E-state index in [1.165, 1.54) is 0 Å². The molecule has 0 saturated heterocycles. The molecule has 0 bridgehead atoms. The molecule has 1 atom stereocenters. The third kappa shape index (κ3) is 2.51. The van der Waals surface area contributed by atoms with Crippen LogP contribution in [0.3, 0.4) is 0 Å². The van der Waals surface area contributed by atoms with Crippen LogP contribution in [-0.2, 0) is 19.4 Å². The molecular formula is C16H19N3O. The first-order chi connectivity index (χ1) is 9.75. The molecule has 1 unspecified atom stereocenters. The van der Waals surface area contributed by atoms with Crippen LogP contribution in [-0.4, -0.2) is 9.55 Å². The van der Waals surface area contributed by atoms with Gasteiger partial charge in [-0.1, -0.05) is 12.1 Å². The minimum Gasteiger partial charge on any atom is -0.324 e. The maximum absolute atomic E-state index is 12.1. The second-order valence-corrected chi connectivity index (χ2v) is 5.30. The molecule has 2 aromatic rings. The highest BCUT2D eigenvalue weighted by Gasteiger charge is 2.20. The van der Waals surface area contributed by atoms with E-state index in [4.69, 9.17) is 5.73 Å². The Morgan fingerprint density at radius 1 is 1.30 bits per heavy atom. The molecule has 0 saturated carbocycles. The van der Waals surface area contributed by atoms with E-state index in [2.05, 4.69) is 4.98 Å². The van der Waals surface area contributed by atoms with E-state index in [0.717, 1.165) is 42.6 Å². The van der Waals surface area contributed by atoms with E-state index in [9.17, 15) is 4.79 Å². The highest BCUT2D eigenvalue weighted by Crippen LogP contribution is 2.26. The van der Waals surface area contributed by atoms with Gasteiger partial charge in [-0.15, -0.1) is 0 Å². The minimum absolute atomic E-state index is 0.0637. The standard InChI is InChI=1S/C16H19N3O/c17-14-5-3-6-15-13(14)7-8-16(20)19(15)11-9-12-4-1-2-10-18-12/h1-2,4,7-8,10,14H,3,5-6,9,11,17H2. The molecule has 2 aromatic heterocycles. The molecule has 4 nitrogen and oxygen atoms in total. The molecule has 104 valence electrons. The van der Waals surface area contributed by atoms with Crippen molar-refractivity contribution in [2.75, 3.05) is 0 Å². The lowest BCUT2D eigenvalue weighted by Gasteiger charge is -2.25. The Bertz CT molecular complexity index is 649. The molecule has 0 spiro atoms. The topological polar surface area (TPSA) is 60.9 Å². The Morgan fingerprint density at radius 3 is 3.00 bits per heavy atom. The summed E-state index contributed by atoms with van der Waals surface area (Å²) in [5.74, 6) is 0. The van der Waals surface area contributed by atoms with Gasteiger partial charge in [0.1, 0.15) is 0 Å². The molecule has 0 aromatic carbocycles. The van der Waals surface area contributed by atoms with Crippen molar-refractivity contribution in [1.29, 1.82) is 0 Å². The fraction of sp³-hybridized carbons (Fsp3) is 0.375. The highest BCUT2D eigenvalue weighted by atomic mass is 16.1. The second-order valence-electron chi connectivity index (χ2n) is 5.30. The molecule has 1 aliphatic carbocycles. The monoisotopic (exact) mass is 269 g/mol. The SMILES string of the molecule is NC1CCCc2c1ccc(=O)n2CCc1ccccn1. The van der Waals surface area contributed by atoms with E-state index in [1.54, 1.807) is 12.3 Å². The summed E-state index contributed by atoms with van der Waals surface area (Å²) in [5.41, 5.74) is 9.47. The summed E-state index contributed by atoms with van der Waals surface area (Å²) >= 11 is 0. The Kier molecular flexibility index (Phi) is 3.65. The lowest BCUT2D eigenvalue weighted by atomic mass is 9.91. The smallest absolute Gasteiger partial charge is 0.250 e. The zero-order valence-electron chi connectivity index (χ0n) is 11.5. The molecular weight excluding hydrogens is 250 g/mol. The fourth-order valence-corrected chi connectivity index (χ4v) is 2.92. The van der Waals surface area contributed by atoms with Gasteiger partial charge in [-0.05, 0) is 37.0 Å². The van der Waals surface area contributed by atoms with Crippen molar-refractivity contribution in [2.45, 2.75) is 38.3 Å². The summed E-state index contributed by atoms with van der Waals surface area (Å²) < 4.78 is 1.88. The van der Waals surface area contributed by atoms with Gasteiger partial charge in [0.25, 0.3) is 5.56 Å². The number of aryl methyl sites for hydroxylation is 1. The molecule has 0 fully saturated rings. The number of fused-ring (bicyclic) bond motifs is 1. The Morgan fingerprint density at radius 2 is 2.20 bits per heavy atom. The third-order valence-electron chi connectivity index (χ3n) is 3.98. The van der Waals surface area contributed by atoms with Crippen molar-refractivity contribution in [3.63, 3.8) is 0 Å². The van der Waals surface area contributed by atoms with E-state index in [0.29, 0.717) is 6.54 Å². The first-order valence-corrected chi connectivity index (χ1v) is 7.14. The lowest BCUT2D eigenvalue weighted by Crippen LogP contribution is -2.30. The molecule has 3 rings (SSSR count). The summed E-state index contributed by atoms with van der Waals surface area (Å²) in [7, 11) is 0. The molecule has 2 heterocycles. The number of aromatic nitrogens is 2. The van der Waals surface area contributed by atoms with Gasteiger partial charge in [0, 0.05) is 42.7 Å². The average molecular weight is 269 g/mol. The fourth-order valence-electron chi connectivity index (χ4n) is 2.92. The first-order valence-electron chi connectivity index (χ1n) is 7.14. The van der Waals surface area contributed by atoms with Gasteiger partial charge in [-0.3, -0.25) is 9.78 Å². The van der Waals surface area contributed by atoms with Crippen LogP contribution in [0.4, 0.5) is 0 Å². The summed E-state index contributed by atoms with van der Waals surface area (Å²) in [5, 5.41) is 0. The van der Waals surface area contributed by atoms with Crippen LogP contribution in [0.2, 0.25) is 0 Å². The van der Waals surface area contributed by atoms with Gasteiger partial charge < -0.3 is 10.3 Å². The predicted octanol–water partition coefficient (Wildman–Crippen LogP) is 1.82. The summed E-state index contributed by atoms with van der Waals surface area (Å²) in [6.45, 7) is 0.672. The molecule has 0 radical (unpaired) electrons. The quantitative estimate of drug-likeness (QED) is 0.924. The van der Waals surface area contributed by atoms with E-state index in [1.807, 2.05) is 28.8 Å². The summed E-state index contributed by atoms with van der Waals surface area (Å²) in [6.07, 6.45) is 5.56. The highest BCUT2D eigenvalue weighted by molar-refractivity contribution is 5.27. The lowest BCUT2D eigenvalue weighted by molar-refractivity contribution is 0.516. The Hall–Kier alpha value is -1.94. The van der Waals surface area contributed by atoms with Gasteiger partial charge in [0.2, 0.25) is 0 Å². The average Bonchev–Trinajstić information content (AvgIpc) is 2.47. The maximum atomic E-state index is 12.1. The van der Waals surface area contributed by atoms with E-state index >= 15 is 0 Å². The number of nitrogens with zero attached hydrogens (tertiary/aromatic N) is 2. The van der Waals surface area contributed by atoms with Crippen LogP contribution in [0.1, 0.15) is 35.8 Å². The third-order valence-corrected chi connectivity index (χ3v) is 3.98. The van der Waals surface area contributed by atoms with Crippen molar-refractivity contribution in [1.82, 2.24) is 9.55 Å². The van der Waals surface area contributed by atoms with Gasteiger partial charge in [0.15, 0.2) is 0 Å². The van der Waals surface area contributed by atoms with Crippen molar-refractivity contribution in [3.05, 3.63) is 63.8 Å². The molecule has 20 heavy (non-hydrogen) atoms. The van der Waals surface area contributed by atoms with Gasteiger partial charge in [-0.2, -0.15) is 0 Å². The van der Waals surface area contributed by atoms with E-state index < -0.39 is 0 Å². The number of hydrogen-bond donors (Lipinski definition) is 1. The van der Waals surface area contributed by atoms with Crippen molar-refractivity contribution in [2.24, 2.45) is 5.73 Å². The second kappa shape index (κ2) is 5.59. The van der Waals surface area contributed by atoms with Crippen LogP contribution in [0, 0.1) is 0 Å². The van der Waals surface area contributed by atoms with Crippen LogP contribution in [0.5, 0.6) is 0 Å². The largest absolute Gasteiger partial charge is 0.324 e. The molecule has 2 N–H and O–H groups in total. The summed E-state index contributed by atoms with van der Waals surface area (Å²) in [6, 6.07) is 9.48. The van der Waals surface area contributed by atoms with Crippen molar-refractivity contribution in [3.8, 4) is 0 Å². The van der Waals surface area contributed by atoms with Crippen LogP contribution in [0.25, 0.3) is 0 Å². The normalized spacial score (nSPS) is 17.8. The zero-order valence-corrected chi connectivity index (χ0v) is 11.5. The predicted molar refractivity (Wildman–Crippen MR) is 78.5 cm³/mol. The number of hydrogen-bond acceptors (Lipinski definition) is 3. The van der Waals surface area contributed by atoms with Gasteiger partial charge in [-0.25, -0.2) is 0 Å². The van der Waals surface area contributed by atoms with Crippen LogP contribution < -0.4 is 11.3 Å². The molecule has 4 heteroatoms. The maximum Gasteiger partial charge on any atom is 0.250 e. The van der Waals surface area contributed by atoms with E-state index in [-0.39, 0.29) is 11.6 Å². The molecule has 0 amide bonds. The minimum atomic E-state index is 0.0637. The zero-order chi connectivity index (χ0) is 13.9. The van der Waals surface area contributed by atoms with Crippen molar-refractivity contribution < 1.29 is 0 Å². The first kappa shape index (κ1) is 13.1. The molecule has 0 aliphatic heterocycles. The summed E-state index contributed by atoms with van der Waals surface area (Å²) in [4.78, 5) is 16.4. The molecule has 1 aliphatic rings. The Labute approximate surface area is 118 Å². The van der Waals surface area contributed by atoms with Crippen LogP contribution in [0.15, 0.2) is 41.3 Å². The number of pyridine rings is 2. The Balaban J connectivity index is 1.89.